The molecule has 1 aromatic carbocycles. The monoisotopic (exact) mass is 1110 g/mol. The molecule has 7 unspecified atom stereocenters. The van der Waals surface area contributed by atoms with Crippen LogP contribution in [0.2, 0.25) is 0 Å². The molecular formula is C51H73N11O15S. The number of H-pyrrole nitrogens is 1. The molecular weight excluding hydrogens is 1040 g/mol. The fourth-order valence-corrected chi connectivity index (χ4v) is 10.1. The van der Waals surface area contributed by atoms with Crippen molar-refractivity contribution >= 4 is 81.7 Å². The van der Waals surface area contributed by atoms with Gasteiger partial charge in [0.25, 0.3) is 11.8 Å². The number of aromatic nitrogens is 1. The molecule has 0 saturated carbocycles. The number of benzene rings is 1. The van der Waals surface area contributed by atoms with Crippen LogP contribution in [0.25, 0.3) is 10.9 Å². The second-order valence-corrected chi connectivity index (χ2v) is 20.6. The Morgan fingerprint density at radius 2 is 1.49 bits per heavy atom. The number of nitrogens with two attached hydrogens (primary N) is 1. The van der Waals surface area contributed by atoms with Gasteiger partial charge in [0.15, 0.2) is 0 Å². The first-order valence-corrected chi connectivity index (χ1v) is 26.9. The maximum Gasteiger partial charge on any atom is 0.253 e. The van der Waals surface area contributed by atoms with Gasteiger partial charge < -0.3 is 73.1 Å². The summed E-state index contributed by atoms with van der Waals surface area (Å²) >= 11 is 1.14. The second-order valence-electron chi connectivity index (χ2n) is 19.6. The summed E-state index contributed by atoms with van der Waals surface area (Å²) in [6, 6.07) is -1.86. The first kappa shape index (κ1) is 61.9. The molecule has 10 atom stereocenters. The Morgan fingerprint density at radius 3 is 2.17 bits per heavy atom. The Morgan fingerprint density at radius 1 is 0.833 bits per heavy atom. The number of aliphatic hydroxyl groups excluding tert-OH is 4. The van der Waals surface area contributed by atoms with E-state index in [0.29, 0.717) is 35.7 Å². The Hall–Kier alpha value is -6.91. The zero-order valence-electron chi connectivity index (χ0n) is 44.1. The van der Waals surface area contributed by atoms with Gasteiger partial charge in [0.1, 0.15) is 30.1 Å². The number of ether oxygens (including phenoxy) is 1. The van der Waals surface area contributed by atoms with Crippen LogP contribution in [0.4, 0.5) is 0 Å². The molecule has 27 heteroatoms. The van der Waals surface area contributed by atoms with Crippen molar-refractivity contribution in [1.29, 1.82) is 0 Å². The zero-order valence-corrected chi connectivity index (χ0v) is 44.9. The van der Waals surface area contributed by atoms with Crippen molar-refractivity contribution in [1.82, 2.24) is 52.0 Å². The summed E-state index contributed by atoms with van der Waals surface area (Å²) in [6.45, 7) is 3.76. The molecule has 428 valence electrons. The molecule has 2 fully saturated rings. The molecule has 0 bridgehead atoms. The van der Waals surface area contributed by atoms with Crippen molar-refractivity contribution in [3.63, 3.8) is 0 Å². The van der Waals surface area contributed by atoms with E-state index in [9.17, 15) is 68.4 Å². The van der Waals surface area contributed by atoms with E-state index in [0.717, 1.165) is 53.3 Å². The summed E-state index contributed by atoms with van der Waals surface area (Å²) in [5, 5.41) is 61.7. The highest BCUT2D eigenvalue weighted by Gasteiger charge is 2.45. The van der Waals surface area contributed by atoms with Crippen molar-refractivity contribution in [3.05, 3.63) is 48.3 Å². The predicted octanol–water partition coefficient (Wildman–Crippen LogP) is -2.70. The highest BCUT2D eigenvalue weighted by atomic mass is 32.2. The zero-order chi connectivity index (χ0) is 57.2. The molecule has 14 N–H and O–H groups in total. The van der Waals surface area contributed by atoms with Crippen molar-refractivity contribution < 1.29 is 73.1 Å². The number of primary amides is 1. The molecule has 78 heavy (non-hydrogen) atoms. The van der Waals surface area contributed by atoms with Crippen molar-refractivity contribution in [2.75, 3.05) is 45.1 Å². The lowest BCUT2D eigenvalue weighted by molar-refractivity contribution is -0.139. The van der Waals surface area contributed by atoms with Gasteiger partial charge in [-0.2, -0.15) is 0 Å². The first-order valence-electron chi connectivity index (χ1n) is 25.9. The van der Waals surface area contributed by atoms with Gasteiger partial charge in [-0.25, -0.2) is 0 Å². The van der Waals surface area contributed by atoms with Gasteiger partial charge >= 0.3 is 0 Å². The Bertz CT molecular complexity index is 2560. The fourth-order valence-electron chi connectivity index (χ4n) is 8.98. The number of nitrogens with zero attached hydrogens (tertiary/aromatic N) is 2. The summed E-state index contributed by atoms with van der Waals surface area (Å²) in [5.41, 5.74) is 7.08. The number of thioether (sulfide) groups is 1. The van der Waals surface area contributed by atoms with Crippen LogP contribution in [0.1, 0.15) is 77.7 Å². The summed E-state index contributed by atoms with van der Waals surface area (Å²) in [4.78, 5) is 137. The van der Waals surface area contributed by atoms with Gasteiger partial charge in [-0.15, -0.1) is 11.8 Å². The SMILES string of the molecule is CCC(C)C1NC(=O)CNC(=O)CNC(=O)C([C@@H](C)C(O)CO)NC(=O)C2C[C@@H](O)CN2C(O)C(CC(N)=O)NC(=O)[C@H](CSc2[nH]c3cc(OC=CCCCCCCN4C(=O)C=CC4=O)ccc3c2C)NC(=O)CNC1=O. The topological polar surface area (TPSA) is 393 Å². The van der Waals surface area contributed by atoms with Crippen LogP contribution in [-0.2, 0) is 47.9 Å². The Kier molecular flexibility index (Phi) is 23.6. The lowest BCUT2D eigenvalue weighted by Crippen LogP contribution is -2.62. The van der Waals surface area contributed by atoms with Gasteiger partial charge in [0.2, 0.25) is 47.3 Å². The number of amides is 10. The van der Waals surface area contributed by atoms with Crippen LogP contribution >= 0.6 is 11.8 Å². The van der Waals surface area contributed by atoms with Gasteiger partial charge in [-0.3, -0.25) is 57.7 Å². The number of hydrogen-bond donors (Lipinski definition) is 13. The molecule has 0 radical (unpaired) electrons. The molecule has 3 aliphatic rings. The number of hydrogen-bond acceptors (Lipinski definition) is 17. The molecule has 5 rings (SSSR count). The third-order valence-electron chi connectivity index (χ3n) is 13.8. The number of unbranched alkanes of at least 4 members (excludes halogenated alkanes) is 4. The van der Waals surface area contributed by atoms with Crippen LogP contribution in [0.15, 0.2) is 47.7 Å². The number of carbonyl (C=O) groups is 10. The Labute approximate surface area is 454 Å². The molecule has 4 heterocycles. The number of aryl methyl sites for hydroxylation is 1. The maximum atomic E-state index is 14.4. The Balaban J connectivity index is 1.36. The molecule has 10 amide bonds. The van der Waals surface area contributed by atoms with Gasteiger partial charge in [0, 0.05) is 48.4 Å². The average Bonchev–Trinajstić information content (AvgIpc) is 4.07. The van der Waals surface area contributed by atoms with Crippen molar-refractivity contribution in [2.24, 2.45) is 17.6 Å². The van der Waals surface area contributed by atoms with Crippen molar-refractivity contribution in [2.45, 2.75) is 133 Å². The molecule has 26 nitrogen and oxygen atoms in total. The minimum absolute atomic E-state index is 0.178. The van der Waals surface area contributed by atoms with Crippen molar-refractivity contribution in [3.8, 4) is 5.75 Å². The molecule has 3 aliphatic heterocycles. The summed E-state index contributed by atoms with van der Waals surface area (Å²) in [5.74, 6) is -9.03. The fraction of sp³-hybridized carbons (Fsp3) is 0.569. The van der Waals surface area contributed by atoms with E-state index < -0.39 is 140 Å². The van der Waals surface area contributed by atoms with Crippen LogP contribution in [0, 0.1) is 18.8 Å². The van der Waals surface area contributed by atoms with Crippen LogP contribution < -0.4 is 47.7 Å². The minimum Gasteiger partial charge on any atom is -0.465 e. The quantitative estimate of drug-likeness (QED) is 0.0295. The average molecular weight is 1110 g/mol. The number of carbonyl (C=O) groups excluding carboxylic acids is 10. The van der Waals surface area contributed by atoms with Crippen LogP contribution in [0.3, 0.4) is 0 Å². The second kappa shape index (κ2) is 29.7. The van der Waals surface area contributed by atoms with Gasteiger partial charge in [0.05, 0.1) is 73.8 Å². The number of aliphatic hydroxyl groups is 4. The highest BCUT2D eigenvalue weighted by Crippen LogP contribution is 2.32. The minimum atomic E-state index is -1.91. The number of imide groups is 1. The normalized spacial score (nSPS) is 25.1. The number of nitrogens with one attached hydrogen (secondary N) is 8. The lowest BCUT2D eigenvalue weighted by atomic mass is 9.94. The third kappa shape index (κ3) is 17.6. The standard InChI is InChI=1S/C51H73N11O15S/c1-5-27(2)44-48(74)55-23-40(68)56-35(26-78-50-28(3)32-13-12-31(19-33(32)58-50)77-17-11-9-7-6-8-10-16-61-42(70)14-15-43(61)71)46(72)57-34(20-38(52)66)51(76)62-24-30(64)18-36(62)47(73)60-45(29(4)37(65)25-63)49(75)54-21-39(67)53-22-41(69)59-44/h11-15,17,19,27,29-30,34-37,44-45,51,58,63-65,76H,5-10,16,18,20-26H2,1-4H3,(H2,52,66)(H,53,67)(H,54,75)(H,55,74)(H,56,68)(H,57,72)(H,59,69)(H,60,73)/t27?,29-,30+,34?,35-,36?,37?,44?,45?,51?/m0/s1. The maximum absolute atomic E-state index is 14.4. The van der Waals surface area contributed by atoms with E-state index in [-0.39, 0.29) is 30.5 Å². The van der Waals surface area contributed by atoms with E-state index in [2.05, 4.69) is 42.2 Å². The largest absolute Gasteiger partial charge is 0.465 e. The molecule has 0 spiro atoms. The van der Waals surface area contributed by atoms with Crippen LogP contribution in [0.5, 0.6) is 5.75 Å². The summed E-state index contributed by atoms with van der Waals surface area (Å²) in [6.07, 6.45) is 4.76. The van der Waals surface area contributed by atoms with E-state index in [1.54, 1.807) is 32.2 Å². The van der Waals surface area contributed by atoms with Gasteiger partial charge in [-0.05, 0) is 62.3 Å². The van der Waals surface area contributed by atoms with E-state index >= 15 is 0 Å². The van der Waals surface area contributed by atoms with Gasteiger partial charge in [-0.1, -0.05) is 40.0 Å². The number of fused-ring (bicyclic) bond motifs is 2. The smallest absolute Gasteiger partial charge is 0.253 e. The molecule has 0 aliphatic carbocycles. The van der Waals surface area contributed by atoms with E-state index in [1.807, 2.05) is 19.1 Å². The molecule has 1 aromatic heterocycles. The number of aromatic amines is 1. The summed E-state index contributed by atoms with van der Waals surface area (Å²) in [7, 11) is 0. The summed E-state index contributed by atoms with van der Waals surface area (Å²) < 4.78 is 5.88. The van der Waals surface area contributed by atoms with E-state index in [1.165, 1.54) is 24.0 Å². The molecule has 2 saturated heterocycles. The van der Waals surface area contributed by atoms with E-state index in [4.69, 9.17) is 10.5 Å². The number of rotatable bonds is 19. The highest BCUT2D eigenvalue weighted by molar-refractivity contribution is 7.99. The lowest BCUT2D eigenvalue weighted by Gasteiger charge is -2.35. The third-order valence-corrected chi connectivity index (χ3v) is 15.0. The molecule has 2 aromatic rings. The predicted molar refractivity (Wildman–Crippen MR) is 282 cm³/mol. The van der Waals surface area contributed by atoms with Crippen LogP contribution in [-0.4, -0.2) is 188 Å². The first-order chi connectivity index (χ1) is 37.1. The number of allylic oxidation sites excluding steroid dienone is 1.